The van der Waals surface area contributed by atoms with Crippen LogP contribution in [-0.2, 0) is 0 Å². The molecule has 0 saturated carbocycles. The highest BCUT2D eigenvalue weighted by molar-refractivity contribution is 7.26. The number of hydrogen-bond donors (Lipinski definition) is 0. The van der Waals surface area contributed by atoms with Gasteiger partial charge in [-0.15, -0.1) is 22.7 Å². The smallest absolute Gasteiger partial charge is 0.147 e. The van der Waals surface area contributed by atoms with Gasteiger partial charge in [-0.2, -0.15) is 0 Å². The van der Waals surface area contributed by atoms with Gasteiger partial charge in [0.15, 0.2) is 0 Å². The summed E-state index contributed by atoms with van der Waals surface area (Å²) in [6.07, 6.45) is 0. The summed E-state index contributed by atoms with van der Waals surface area (Å²) < 4.78 is 18.6. The van der Waals surface area contributed by atoms with E-state index in [-0.39, 0.29) is 0 Å². The van der Waals surface area contributed by atoms with Gasteiger partial charge < -0.3 is 4.42 Å². The Hall–Kier alpha value is -17.2. The number of hydrogen-bond acceptors (Lipinski definition) is 9. The molecule has 0 N–H and O–H groups in total. The molecule has 132 heavy (non-hydrogen) atoms. The highest BCUT2D eigenvalue weighted by Gasteiger charge is 2.24. The fraction of sp³-hybridized carbons (Fsp3) is 0. The average molecular weight is 1720 g/mol. The summed E-state index contributed by atoms with van der Waals surface area (Å²) in [6.45, 7) is 0. The molecule has 0 aliphatic rings. The van der Waals surface area contributed by atoms with E-state index in [1.54, 1.807) is 0 Å². The molecule has 30 aromatic rings. The minimum atomic E-state index is 0.908. The topological polar surface area (TPSA) is 104 Å². The van der Waals surface area contributed by atoms with Crippen LogP contribution in [-0.4, -0.2) is 43.1 Å². The van der Waals surface area contributed by atoms with Crippen LogP contribution in [0.2, 0.25) is 0 Å². The Morgan fingerprint density at radius 3 is 1.03 bits per heavy atom. The van der Waals surface area contributed by atoms with E-state index >= 15 is 0 Å². The van der Waals surface area contributed by atoms with Crippen LogP contribution in [0.25, 0.3) is 277 Å². The predicted octanol–water partition coefficient (Wildman–Crippen LogP) is 32.7. The van der Waals surface area contributed by atoms with Crippen molar-refractivity contribution in [3.8, 4) is 66.8 Å². The third kappa shape index (κ3) is 11.7. The maximum atomic E-state index is 6.38. The predicted molar refractivity (Wildman–Crippen MR) is 555 cm³/mol. The second kappa shape index (κ2) is 29.2. The van der Waals surface area contributed by atoms with Crippen LogP contribution in [0, 0.1) is 0 Å². The van der Waals surface area contributed by atoms with Gasteiger partial charge in [-0.3, -0.25) is 13.2 Å². The summed E-state index contributed by atoms with van der Waals surface area (Å²) in [7, 11) is 0. The van der Waals surface area contributed by atoms with Crippen LogP contribution in [0.3, 0.4) is 0 Å². The molecule has 0 unspecified atom stereocenters. The van der Waals surface area contributed by atoms with Crippen molar-refractivity contribution < 1.29 is 4.42 Å². The van der Waals surface area contributed by atoms with Crippen molar-refractivity contribution in [3.05, 3.63) is 419 Å². The van der Waals surface area contributed by atoms with Gasteiger partial charge in [0.2, 0.25) is 0 Å². The first-order valence-corrected chi connectivity index (χ1v) is 46.1. The second-order valence-electron chi connectivity index (χ2n) is 34.3. The lowest BCUT2D eigenvalue weighted by Gasteiger charge is -2.12. The number of nitrogens with zero attached hydrogens (tertiary/aromatic N) is 9. The number of thiophene rings is 2. The number of pyridine rings is 6. The first kappa shape index (κ1) is 74.0. The second-order valence-corrected chi connectivity index (χ2v) is 36.5. The van der Waals surface area contributed by atoms with Gasteiger partial charge in [-0.25, -0.2) is 29.9 Å². The minimum Gasteiger partial charge on any atom is -0.455 e. The largest absolute Gasteiger partial charge is 0.455 e. The van der Waals surface area contributed by atoms with E-state index in [0.717, 1.165) is 192 Å². The summed E-state index contributed by atoms with van der Waals surface area (Å²) in [6, 6.07) is 149. The van der Waals surface area contributed by atoms with E-state index in [2.05, 4.69) is 408 Å². The first-order valence-electron chi connectivity index (χ1n) is 44.5. The van der Waals surface area contributed by atoms with Gasteiger partial charge in [0.25, 0.3) is 0 Å². The first-order chi connectivity index (χ1) is 65.4. The van der Waals surface area contributed by atoms with E-state index in [1.165, 1.54) is 84.9 Å². The highest BCUT2D eigenvalue weighted by atomic mass is 32.1. The number of fused-ring (bicyclic) bond motifs is 36. The molecule has 0 atom stereocenters. The van der Waals surface area contributed by atoms with Crippen LogP contribution in [0.1, 0.15) is 0 Å². The Bertz CT molecular complexity index is 9790. The lowest BCUT2D eigenvalue weighted by atomic mass is 9.96. The molecule has 0 fully saturated rings. The number of rotatable bonds is 6. The molecule has 0 bridgehead atoms. The van der Waals surface area contributed by atoms with Crippen LogP contribution in [0.4, 0.5) is 0 Å². The summed E-state index contributed by atoms with van der Waals surface area (Å²) >= 11 is 3.73. The van der Waals surface area contributed by atoms with E-state index in [9.17, 15) is 0 Å². The number of aromatic nitrogens is 9. The SMILES string of the molecule is c1cc(-c2ccc3c(c2)c2nc4ccccc4cc2c2nc4ccccc4n32)cc(-c2cccc3c2oc2ccccc23)c1.c1cc(-c2ccc3c(c2)c2nc4ccccc4cc2c2nc4ccccc4n32)cc(-c2cccc3c2sc2ccccc23)c1.c1ccc2nc3c4cc(-c5ccc(-c6ccc7sc8ccccc8c7c6)cc5)ccc4n4c5ccccc5nc4c3cc2c1. The Labute approximate surface area is 760 Å². The summed E-state index contributed by atoms with van der Waals surface area (Å²) in [4.78, 5) is 30.9. The molecule has 612 valence electrons. The van der Waals surface area contributed by atoms with Crippen molar-refractivity contribution in [2.75, 3.05) is 0 Å². The lowest BCUT2D eigenvalue weighted by molar-refractivity contribution is 0.670. The maximum absolute atomic E-state index is 6.38. The van der Waals surface area contributed by atoms with Gasteiger partial charge in [0, 0.05) is 105 Å². The van der Waals surface area contributed by atoms with Gasteiger partial charge in [-0.1, -0.05) is 267 Å². The van der Waals surface area contributed by atoms with Crippen molar-refractivity contribution in [1.82, 2.24) is 43.1 Å². The van der Waals surface area contributed by atoms with E-state index in [1.807, 2.05) is 46.9 Å². The van der Waals surface area contributed by atoms with Gasteiger partial charge in [0.05, 0.1) is 82.8 Å². The molecule has 12 heteroatoms. The van der Waals surface area contributed by atoms with Crippen molar-refractivity contribution in [1.29, 1.82) is 0 Å². The van der Waals surface area contributed by atoms with Crippen LogP contribution in [0.5, 0.6) is 0 Å². The van der Waals surface area contributed by atoms with Crippen LogP contribution >= 0.6 is 22.7 Å². The number of benzene rings is 18. The number of imidazole rings is 3. The molecule has 0 spiro atoms. The van der Waals surface area contributed by atoms with Crippen molar-refractivity contribution >= 4 is 233 Å². The molecule has 12 heterocycles. The van der Waals surface area contributed by atoms with Crippen molar-refractivity contribution in [3.63, 3.8) is 0 Å². The lowest BCUT2D eigenvalue weighted by Crippen LogP contribution is -1.94. The summed E-state index contributed by atoms with van der Waals surface area (Å²) in [5.41, 5.74) is 34.3. The maximum Gasteiger partial charge on any atom is 0.147 e. The van der Waals surface area contributed by atoms with E-state index in [0.29, 0.717) is 0 Å². The third-order valence-corrected chi connectivity index (χ3v) is 29.2. The Balaban J connectivity index is 0.0000000991. The monoisotopic (exact) mass is 1720 g/mol. The molecule has 0 aliphatic carbocycles. The molecular weight excluding hydrogens is 1650 g/mol. The zero-order chi connectivity index (χ0) is 86.3. The normalized spacial score (nSPS) is 12.1. The Kier molecular flexibility index (Phi) is 16.4. The molecular formula is C120H69N9OS2. The van der Waals surface area contributed by atoms with Gasteiger partial charge in [0.1, 0.15) is 28.1 Å². The molecule has 0 saturated heterocycles. The zero-order valence-corrected chi connectivity index (χ0v) is 72.2. The molecule has 10 nitrogen and oxygen atoms in total. The summed E-state index contributed by atoms with van der Waals surface area (Å²) in [5.74, 6) is 0. The van der Waals surface area contributed by atoms with Gasteiger partial charge in [-0.05, 0) is 213 Å². The van der Waals surface area contributed by atoms with E-state index < -0.39 is 0 Å². The Morgan fingerprint density at radius 2 is 0.530 bits per heavy atom. The molecule has 18 aromatic carbocycles. The zero-order valence-electron chi connectivity index (χ0n) is 70.6. The number of para-hydroxylation sites is 11. The average Bonchev–Trinajstić information content (AvgIpc) is 1.52. The van der Waals surface area contributed by atoms with Crippen LogP contribution < -0.4 is 0 Å². The molecule has 30 rings (SSSR count). The molecule has 0 radical (unpaired) electrons. The molecule has 0 amide bonds. The van der Waals surface area contributed by atoms with Crippen molar-refractivity contribution in [2.45, 2.75) is 0 Å². The minimum absolute atomic E-state index is 0.908. The fourth-order valence-corrected chi connectivity index (χ4v) is 22.9. The van der Waals surface area contributed by atoms with E-state index in [4.69, 9.17) is 34.3 Å². The summed E-state index contributed by atoms with van der Waals surface area (Å²) in [5, 5.41) is 17.4. The Morgan fingerprint density at radius 1 is 0.189 bits per heavy atom. The third-order valence-electron chi connectivity index (χ3n) is 26.8. The quantitative estimate of drug-likeness (QED) is 0.121. The highest BCUT2D eigenvalue weighted by Crippen LogP contribution is 2.46. The molecule has 12 aromatic heterocycles. The fourth-order valence-electron chi connectivity index (χ4n) is 20.6. The molecule has 0 aliphatic heterocycles. The standard InChI is InChI=1S/C40H23N3O.2C40H23N3S/c2*1-3-15-33-27(9-1)23-32-38(41-33)31-22-25(19-20-35(31)43-36-17-5-4-16-34(36)42-40(32)43)24-10-7-11-26(21-24)28-13-8-14-30-29-12-2-6-18-37(29)44-39(28)30;1-3-9-33-28(7-1)23-32-39(41-33)31-22-26(17-19-35(31)43-36-11-5-4-10-34(36)42-40(32)43)24-13-15-25(16-14-24)27-18-20-38-30(21-27)29-8-2-6-12-37(29)44-38/h3*1-23H. The van der Waals surface area contributed by atoms with Crippen LogP contribution in [0.15, 0.2) is 423 Å². The number of furan rings is 1. The van der Waals surface area contributed by atoms with Crippen molar-refractivity contribution in [2.24, 2.45) is 0 Å². The van der Waals surface area contributed by atoms with Gasteiger partial charge >= 0.3 is 0 Å².